The fourth-order valence-electron chi connectivity index (χ4n) is 1.56. The van der Waals surface area contributed by atoms with Crippen molar-refractivity contribution in [2.75, 3.05) is 0 Å². The van der Waals surface area contributed by atoms with Crippen LogP contribution in [-0.2, 0) is 0 Å². The Balaban J connectivity index is 2.54. The van der Waals surface area contributed by atoms with Crippen molar-refractivity contribution in [3.8, 4) is 11.1 Å². The molecule has 0 aliphatic carbocycles. The molecule has 0 heterocycles. The second-order valence-electron chi connectivity index (χ2n) is 3.57. The van der Waals surface area contributed by atoms with E-state index in [9.17, 15) is 9.18 Å². The van der Waals surface area contributed by atoms with E-state index >= 15 is 0 Å². The van der Waals surface area contributed by atoms with E-state index in [1.807, 2.05) is 0 Å². The fourth-order valence-corrected chi connectivity index (χ4v) is 2.00. The van der Waals surface area contributed by atoms with Crippen LogP contribution in [0.2, 0.25) is 0 Å². The molecular weight excluding hydrogens is 285 g/mol. The third-order valence-electron chi connectivity index (χ3n) is 2.39. The molecule has 0 aromatic heterocycles. The molecular formula is C13H9BrFNO. The minimum atomic E-state index is -0.518. The highest BCUT2D eigenvalue weighted by Crippen LogP contribution is 2.25. The molecule has 0 saturated carbocycles. The second-order valence-corrected chi connectivity index (χ2v) is 4.42. The minimum absolute atomic E-state index is 0.314. The molecule has 2 N–H and O–H groups in total. The Bertz CT molecular complexity index is 583. The molecule has 4 heteroatoms. The summed E-state index contributed by atoms with van der Waals surface area (Å²) in [6.45, 7) is 0. The first-order chi connectivity index (χ1) is 8.08. The molecule has 2 rings (SSSR count). The summed E-state index contributed by atoms with van der Waals surface area (Å²) in [5.41, 5.74) is 7.09. The fraction of sp³-hybridized carbons (Fsp3) is 0. The zero-order valence-electron chi connectivity index (χ0n) is 8.78. The van der Waals surface area contributed by atoms with Gasteiger partial charge in [-0.1, -0.05) is 18.2 Å². The molecule has 2 aromatic rings. The van der Waals surface area contributed by atoms with Crippen LogP contribution in [-0.4, -0.2) is 5.91 Å². The van der Waals surface area contributed by atoms with Gasteiger partial charge in [-0.05, 0) is 51.3 Å². The Morgan fingerprint density at radius 3 is 2.47 bits per heavy atom. The van der Waals surface area contributed by atoms with Crippen molar-refractivity contribution in [1.82, 2.24) is 0 Å². The van der Waals surface area contributed by atoms with Crippen molar-refractivity contribution < 1.29 is 9.18 Å². The normalized spacial score (nSPS) is 10.2. The predicted octanol–water partition coefficient (Wildman–Crippen LogP) is 3.35. The van der Waals surface area contributed by atoms with E-state index in [0.717, 1.165) is 5.56 Å². The van der Waals surface area contributed by atoms with E-state index in [1.165, 1.54) is 12.1 Å². The van der Waals surface area contributed by atoms with Crippen LogP contribution in [0.5, 0.6) is 0 Å². The number of hydrogen-bond donors (Lipinski definition) is 1. The average Bonchev–Trinajstić information content (AvgIpc) is 2.29. The lowest BCUT2D eigenvalue weighted by molar-refractivity contribution is 0.0999. The molecule has 1 amide bonds. The number of nitrogens with two attached hydrogens (primary N) is 1. The number of rotatable bonds is 2. The van der Waals surface area contributed by atoms with Crippen molar-refractivity contribution in [2.45, 2.75) is 0 Å². The molecule has 0 aliphatic heterocycles. The van der Waals surface area contributed by atoms with Gasteiger partial charge in [-0.15, -0.1) is 0 Å². The van der Waals surface area contributed by atoms with Crippen LogP contribution in [0.25, 0.3) is 11.1 Å². The van der Waals surface area contributed by atoms with Crippen LogP contribution in [0.1, 0.15) is 10.4 Å². The van der Waals surface area contributed by atoms with Gasteiger partial charge < -0.3 is 5.73 Å². The maximum atomic E-state index is 13.1. The lowest BCUT2D eigenvalue weighted by atomic mass is 10.0. The number of hydrogen-bond acceptors (Lipinski definition) is 1. The minimum Gasteiger partial charge on any atom is -0.366 e. The Morgan fingerprint density at radius 2 is 1.82 bits per heavy atom. The van der Waals surface area contributed by atoms with E-state index in [0.29, 0.717) is 15.6 Å². The van der Waals surface area contributed by atoms with Gasteiger partial charge in [0.2, 0.25) is 5.91 Å². The molecule has 86 valence electrons. The average molecular weight is 294 g/mol. The summed E-state index contributed by atoms with van der Waals surface area (Å²) in [6.07, 6.45) is 0. The van der Waals surface area contributed by atoms with Gasteiger partial charge in [-0.3, -0.25) is 4.79 Å². The van der Waals surface area contributed by atoms with Crippen LogP contribution in [0.3, 0.4) is 0 Å². The molecule has 2 nitrogen and oxygen atoms in total. The molecule has 17 heavy (non-hydrogen) atoms. The molecule has 0 unspecified atom stereocenters. The van der Waals surface area contributed by atoms with Crippen LogP contribution in [0.15, 0.2) is 46.9 Å². The molecule has 0 atom stereocenters. The predicted molar refractivity (Wildman–Crippen MR) is 68.1 cm³/mol. The maximum absolute atomic E-state index is 13.1. The monoisotopic (exact) mass is 293 g/mol. The Kier molecular flexibility index (Phi) is 3.24. The van der Waals surface area contributed by atoms with Gasteiger partial charge in [-0.25, -0.2) is 4.39 Å². The molecule has 0 fully saturated rings. The lowest BCUT2D eigenvalue weighted by Crippen LogP contribution is -2.11. The number of halogens is 2. The van der Waals surface area contributed by atoms with Crippen LogP contribution >= 0.6 is 15.9 Å². The number of primary amides is 1. The van der Waals surface area contributed by atoms with E-state index < -0.39 is 5.91 Å². The van der Waals surface area contributed by atoms with Gasteiger partial charge in [0.1, 0.15) is 5.82 Å². The molecule has 0 aliphatic rings. The van der Waals surface area contributed by atoms with Crippen molar-refractivity contribution in [1.29, 1.82) is 0 Å². The van der Waals surface area contributed by atoms with Gasteiger partial charge in [-0.2, -0.15) is 0 Å². The summed E-state index contributed by atoms with van der Waals surface area (Å²) >= 11 is 3.24. The van der Waals surface area contributed by atoms with Crippen molar-refractivity contribution >= 4 is 21.8 Å². The van der Waals surface area contributed by atoms with E-state index in [1.54, 1.807) is 30.3 Å². The smallest absolute Gasteiger partial charge is 0.249 e. The largest absolute Gasteiger partial charge is 0.366 e. The van der Waals surface area contributed by atoms with Crippen LogP contribution < -0.4 is 5.73 Å². The topological polar surface area (TPSA) is 43.1 Å². The zero-order valence-corrected chi connectivity index (χ0v) is 10.4. The highest BCUT2D eigenvalue weighted by molar-refractivity contribution is 9.10. The van der Waals surface area contributed by atoms with Crippen molar-refractivity contribution in [3.05, 3.63) is 58.3 Å². The van der Waals surface area contributed by atoms with Gasteiger partial charge in [0.05, 0.1) is 5.56 Å². The third kappa shape index (κ3) is 2.53. The maximum Gasteiger partial charge on any atom is 0.249 e. The molecule has 0 saturated heterocycles. The SMILES string of the molecule is NC(=O)c1cc(-c2cccc(F)c2)ccc1Br. The Labute approximate surface area is 106 Å². The summed E-state index contributed by atoms with van der Waals surface area (Å²) < 4.78 is 13.7. The van der Waals surface area contributed by atoms with Gasteiger partial charge >= 0.3 is 0 Å². The van der Waals surface area contributed by atoms with Gasteiger partial charge in [0, 0.05) is 4.47 Å². The third-order valence-corrected chi connectivity index (χ3v) is 3.08. The standard InChI is InChI=1S/C13H9BrFNO/c14-12-5-4-9(7-11(12)13(16)17)8-2-1-3-10(15)6-8/h1-7H,(H2,16,17). The molecule has 2 aromatic carbocycles. The van der Waals surface area contributed by atoms with E-state index in [2.05, 4.69) is 15.9 Å². The Morgan fingerprint density at radius 1 is 1.12 bits per heavy atom. The van der Waals surface area contributed by atoms with Crippen molar-refractivity contribution in [2.24, 2.45) is 5.73 Å². The quantitative estimate of drug-likeness (QED) is 0.906. The van der Waals surface area contributed by atoms with Crippen LogP contribution in [0, 0.1) is 5.82 Å². The second kappa shape index (κ2) is 4.67. The first kappa shape index (κ1) is 11.8. The van der Waals surface area contributed by atoms with Gasteiger partial charge in [0.15, 0.2) is 0 Å². The van der Waals surface area contributed by atoms with Crippen LogP contribution in [0.4, 0.5) is 4.39 Å². The zero-order chi connectivity index (χ0) is 12.4. The first-order valence-corrected chi connectivity index (χ1v) is 5.72. The Hall–Kier alpha value is -1.68. The number of carbonyl (C=O) groups is 1. The summed E-state index contributed by atoms with van der Waals surface area (Å²) in [5, 5.41) is 0. The molecule has 0 bridgehead atoms. The van der Waals surface area contributed by atoms with E-state index in [-0.39, 0.29) is 5.82 Å². The highest BCUT2D eigenvalue weighted by Gasteiger charge is 2.08. The summed E-state index contributed by atoms with van der Waals surface area (Å²) in [5.74, 6) is -0.832. The van der Waals surface area contributed by atoms with Gasteiger partial charge in [0.25, 0.3) is 0 Å². The molecule has 0 spiro atoms. The van der Waals surface area contributed by atoms with Crippen molar-refractivity contribution in [3.63, 3.8) is 0 Å². The summed E-state index contributed by atoms with van der Waals surface area (Å²) in [7, 11) is 0. The lowest BCUT2D eigenvalue weighted by Gasteiger charge is -2.05. The summed E-state index contributed by atoms with van der Waals surface area (Å²) in [6, 6.07) is 11.3. The number of amides is 1. The number of carbonyl (C=O) groups excluding carboxylic acids is 1. The summed E-state index contributed by atoms with van der Waals surface area (Å²) in [4.78, 5) is 11.2. The molecule has 0 radical (unpaired) electrons. The number of benzene rings is 2. The highest BCUT2D eigenvalue weighted by atomic mass is 79.9. The first-order valence-electron chi connectivity index (χ1n) is 4.93. The van der Waals surface area contributed by atoms with E-state index in [4.69, 9.17) is 5.73 Å².